The van der Waals surface area contributed by atoms with Crippen molar-refractivity contribution >= 4 is 29.1 Å². The number of carbonyl (C=O) groups is 1. The standard InChI is InChI=1S/C16H16Cl2N2O2/c1-11-3-5-13(6-4-11)22-8-7-20(2)16(21)12-9-14(17)19-15(18)10-12/h3-6,9-10H,7-8H2,1-2H3. The van der Waals surface area contributed by atoms with Crippen LogP contribution in [0.15, 0.2) is 36.4 Å². The highest BCUT2D eigenvalue weighted by Crippen LogP contribution is 2.16. The number of carbonyl (C=O) groups excluding carboxylic acids is 1. The van der Waals surface area contributed by atoms with Crippen molar-refractivity contribution < 1.29 is 9.53 Å². The molecule has 1 aromatic heterocycles. The molecule has 6 heteroatoms. The molecule has 0 aliphatic rings. The van der Waals surface area contributed by atoms with E-state index < -0.39 is 0 Å². The molecular formula is C16H16Cl2N2O2. The number of pyridine rings is 1. The van der Waals surface area contributed by atoms with Crippen molar-refractivity contribution in [2.45, 2.75) is 6.92 Å². The molecule has 1 aromatic carbocycles. The van der Waals surface area contributed by atoms with E-state index in [0.29, 0.717) is 18.7 Å². The van der Waals surface area contributed by atoms with Gasteiger partial charge < -0.3 is 9.64 Å². The molecule has 2 aromatic rings. The quantitative estimate of drug-likeness (QED) is 0.777. The number of ether oxygens (including phenoxy) is 1. The fourth-order valence-electron chi connectivity index (χ4n) is 1.85. The molecule has 0 atom stereocenters. The van der Waals surface area contributed by atoms with Gasteiger partial charge in [-0.3, -0.25) is 4.79 Å². The summed E-state index contributed by atoms with van der Waals surface area (Å²) in [6, 6.07) is 10.7. The molecular weight excluding hydrogens is 323 g/mol. The lowest BCUT2D eigenvalue weighted by molar-refractivity contribution is 0.0773. The highest BCUT2D eigenvalue weighted by molar-refractivity contribution is 6.33. The summed E-state index contributed by atoms with van der Waals surface area (Å²) in [4.78, 5) is 17.6. The number of hydrogen-bond donors (Lipinski definition) is 0. The van der Waals surface area contributed by atoms with Gasteiger partial charge in [-0.05, 0) is 31.2 Å². The highest BCUT2D eigenvalue weighted by Gasteiger charge is 2.13. The van der Waals surface area contributed by atoms with Gasteiger partial charge in [0.2, 0.25) is 0 Å². The lowest BCUT2D eigenvalue weighted by atomic mass is 10.2. The van der Waals surface area contributed by atoms with Crippen LogP contribution in [-0.4, -0.2) is 36.0 Å². The molecule has 0 unspecified atom stereocenters. The zero-order chi connectivity index (χ0) is 16.1. The van der Waals surface area contributed by atoms with Gasteiger partial charge in [0.15, 0.2) is 0 Å². The Morgan fingerprint density at radius 3 is 2.36 bits per heavy atom. The van der Waals surface area contributed by atoms with Gasteiger partial charge in [0.05, 0.1) is 6.54 Å². The Labute approximate surface area is 139 Å². The molecule has 1 amide bonds. The van der Waals surface area contributed by atoms with Gasteiger partial charge in [-0.1, -0.05) is 40.9 Å². The lowest BCUT2D eigenvalue weighted by Gasteiger charge is -2.17. The third-order valence-corrected chi connectivity index (χ3v) is 3.46. The Morgan fingerprint density at radius 1 is 1.18 bits per heavy atom. The molecule has 1 heterocycles. The van der Waals surface area contributed by atoms with Crippen molar-refractivity contribution in [2.24, 2.45) is 0 Å². The van der Waals surface area contributed by atoms with Crippen molar-refractivity contribution in [3.8, 4) is 5.75 Å². The van der Waals surface area contributed by atoms with Gasteiger partial charge in [-0.2, -0.15) is 0 Å². The number of halogens is 2. The van der Waals surface area contributed by atoms with E-state index in [9.17, 15) is 4.79 Å². The summed E-state index contributed by atoms with van der Waals surface area (Å²) >= 11 is 11.6. The molecule has 2 rings (SSSR count). The minimum Gasteiger partial charge on any atom is -0.492 e. The second-order valence-electron chi connectivity index (χ2n) is 4.89. The van der Waals surface area contributed by atoms with E-state index in [4.69, 9.17) is 27.9 Å². The first-order chi connectivity index (χ1) is 10.5. The van der Waals surface area contributed by atoms with E-state index in [0.717, 1.165) is 5.75 Å². The Bertz CT molecular complexity index is 639. The van der Waals surface area contributed by atoms with E-state index in [2.05, 4.69) is 4.98 Å². The number of aryl methyl sites for hydroxylation is 1. The predicted molar refractivity (Wildman–Crippen MR) is 87.9 cm³/mol. The van der Waals surface area contributed by atoms with Crippen molar-refractivity contribution in [1.82, 2.24) is 9.88 Å². The monoisotopic (exact) mass is 338 g/mol. The molecule has 116 valence electrons. The average molecular weight is 339 g/mol. The predicted octanol–water partition coefficient (Wildman–Crippen LogP) is 3.85. The maximum Gasteiger partial charge on any atom is 0.253 e. The first-order valence-corrected chi connectivity index (χ1v) is 7.49. The number of aromatic nitrogens is 1. The molecule has 0 fully saturated rings. The molecule has 4 nitrogen and oxygen atoms in total. The summed E-state index contributed by atoms with van der Waals surface area (Å²) in [5, 5.41) is 0.389. The normalized spacial score (nSPS) is 10.4. The van der Waals surface area contributed by atoms with Gasteiger partial charge >= 0.3 is 0 Å². The van der Waals surface area contributed by atoms with Crippen LogP contribution < -0.4 is 4.74 Å². The highest BCUT2D eigenvalue weighted by atomic mass is 35.5. The number of likely N-dealkylation sites (N-methyl/N-ethyl adjacent to an activating group) is 1. The summed E-state index contributed by atoms with van der Waals surface area (Å²) in [6.45, 7) is 2.86. The molecule has 0 saturated carbocycles. The first kappa shape index (κ1) is 16.6. The van der Waals surface area contributed by atoms with Gasteiger partial charge in [0, 0.05) is 12.6 Å². The minimum absolute atomic E-state index is 0.182. The molecule has 0 aliphatic heterocycles. The molecule has 22 heavy (non-hydrogen) atoms. The summed E-state index contributed by atoms with van der Waals surface area (Å²) < 4.78 is 5.61. The van der Waals surface area contributed by atoms with Crippen LogP contribution >= 0.6 is 23.2 Å². The van der Waals surface area contributed by atoms with Gasteiger partial charge in [0.1, 0.15) is 22.7 Å². The number of hydrogen-bond acceptors (Lipinski definition) is 3. The molecule has 0 bridgehead atoms. The van der Waals surface area contributed by atoms with Crippen LogP contribution in [0.1, 0.15) is 15.9 Å². The fraction of sp³-hybridized carbons (Fsp3) is 0.250. The first-order valence-electron chi connectivity index (χ1n) is 6.74. The Hall–Kier alpha value is -1.78. The van der Waals surface area contributed by atoms with E-state index in [1.807, 2.05) is 31.2 Å². The average Bonchev–Trinajstić information content (AvgIpc) is 2.47. The summed E-state index contributed by atoms with van der Waals surface area (Å²) in [6.07, 6.45) is 0. The third kappa shape index (κ3) is 4.61. The zero-order valence-electron chi connectivity index (χ0n) is 12.3. The smallest absolute Gasteiger partial charge is 0.253 e. The van der Waals surface area contributed by atoms with Crippen LogP contribution in [0, 0.1) is 6.92 Å². The topological polar surface area (TPSA) is 42.4 Å². The van der Waals surface area contributed by atoms with Crippen molar-refractivity contribution in [1.29, 1.82) is 0 Å². The molecule has 0 aliphatic carbocycles. The molecule has 0 radical (unpaired) electrons. The third-order valence-electron chi connectivity index (χ3n) is 3.07. The number of nitrogens with zero attached hydrogens (tertiary/aromatic N) is 2. The summed E-state index contributed by atoms with van der Waals surface area (Å²) in [7, 11) is 1.70. The summed E-state index contributed by atoms with van der Waals surface area (Å²) in [5.41, 5.74) is 1.58. The van der Waals surface area contributed by atoms with Crippen LogP contribution in [0.4, 0.5) is 0 Å². The van der Waals surface area contributed by atoms with Crippen LogP contribution in [-0.2, 0) is 0 Å². The van der Waals surface area contributed by atoms with Crippen molar-refractivity contribution in [3.63, 3.8) is 0 Å². The molecule has 0 spiro atoms. The van der Waals surface area contributed by atoms with E-state index in [-0.39, 0.29) is 16.2 Å². The van der Waals surface area contributed by atoms with Crippen LogP contribution in [0.5, 0.6) is 5.75 Å². The van der Waals surface area contributed by atoms with Crippen LogP contribution in [0.2, 0.25) is 10.3 Å². The molecule has 0 N–H and O–H groups in total. The van der Waals surface area contributed by atoms with E-state index >= 15 is 0 Å². The minimum atomic E-state index is -0.182. The Kier molecular flexibility index (Phi) is 5.63. The van der Waals surface area contributed by atoms with E-state index in [1.165, 1.54) is 17.7 Å². The summed E-state index contributed by atoms with van der Waals surface area (Å²) in [5.74, 6) is 0.597. The Balaban J connectivity index is 1.89. The van der Waals surface area contributed by atoms with Crippen LogP contribution in [0.3, 0.4) is 0 Å². The van der Waals surface area contributed by atoms with Gasteiger partial charge in [-0.25, -0.2) is 4.98 Å². The molecule has 0 saturated heterocycles. The maximum absolute atomic E-state index is 12.3. The van der Waals surface area contributed by atoms with Crippen LogP contribution in [0.25, 0.3) is 0 Å². The number of benzene rings is 1. The lowest BCUT2D eigenvalue weighted by Crippen LogP contribution is -2.30. The largest absolute Gasteiger partial charge is 0.492 e. The van der Waals surface area contributed by atoms with Crippen molar-refractivity contribution in [2.75, 3.05) is 20.2 Å². The van der Waals surface area contributed by atoms with Gasteiger partial charge in [-0.15, -0.1) is 0 Å². The number of amides is 1. The van der Waals surface area contributed by atoms with Crippen molar-refractivity contribution in [3.05, 3.63) is 57.8 Å². The zero-order valence-corrected chi connectivity index (χ0v) is 13.9. The SMILES string of the molecule is Cc1ccc(OCCN(C)C(=O)c2cc(Cl)nc(Cl)c2)cc1. The number of rotatable bonds is 5. The second kappa shape index (κ2) is 7.47. The van der Waals surface area contributed by atoms with E-state index in [1.54, 1.807) is 11.9 Å². The maximum atomic E-state index is 12.3. The fourth-order valence-corrected chi connectivity index (χ4v) is 2.31. The Morgan fingerprint density at radius 2 is 1.77 bits per heavy atom. The second-order valence-corrected chi connectivity index (χ2v) is 5.66. The van der Waals surface area contributed by atoms with Gasteiger partial charge in [0.25, 0.3) is 5.91 Å².